The average molecular weight is 266 g/mol. The molecule has 2 rings (SSSR count). The monoisotopic (exact) mass is 266 g/mol. The lowest BCUT2D eigenvalue weighted by atomic mass is 9.98. The lowest BCUT2D eigenvalue weighted by Crippen LogP contribution is -1.96. The Balaban J connectivity index is 0.000000956. The third kappa shape index (κ3) is 4.51. The van der Waals surface area contributed by atoms with E-state index < -0.39 is 0 Å². The van der Waals surface area contributed by atoms with Gasteiger partial charge in [0, 0.05) is 5.56 Å². The average Bonchev–Trinajstić information content (AvgIpc) is 2.47. The molecule has 20 heavy (non-hydrogen) atoms. The largest absolute Gasteiger partial charge is 0.295 e. The highest BCUT2D eigenvalue weighted by molar-refractivity contribution is 5.94. The molecule has 1 heteroatoms. The Morgan fingerprint density at radius 2 is 1.85 bits per heavy atom. The molecule has 0 heterocycles. The molecular weight excluding hydrogens is 244 g/mol. The molecule has 0 atom stereocenters. The molecule has 0 fully saturated rings. The molecule has 104 valence electrons. The minimum absolute atomic E-state index is 0.104. The zero-order valence-electron chi connectivity index (χ0n) is 12.5. The topological polar surface area (TPSA) is 17.1 Å². The van der Waals surface area contributed by atoms with Crippen molar-refractivity contribution < 1.29 is 4.79 Å². The van der Waals surface area contributed by atoms with Crippen LogP contribution in [0.5, 0.6) is 0 Å². The smallest absolute Gasteiger partial charge is 0.159 e. The molecule has 1 aromatic rings. The first-order valence-electron chi connectivity index (χ1n) is 7.01. The predicted molar refractivity (Wildman–Crippen MR) is 88.0 cm³/mol. The number of ketones is 1. The minimum atomic E-state index is 0.104. The van der Waals surface area contributed by atoms with Gasteiger partial charge in [0.15, 0.2) is 5.78 Å². The number of carbonyl (C=O) groups excluding carboxylic acids is 1. The first-order valence-corrected chi connectivity index (χ1v) is 7.01. The Morgan fingerprint density at radius 3 is 2.55 bits per heavy atom. The Kier molecular flexibility index (Phi) is 6.45. The number of fused-ring (bicyclic) bond motifs is 1. The van der Waals surface area contributed by atoms with Crippen LogP contribution in [0, 0.1) is 0 Å². The number of benzene rings is 1. The summed E-state index contributed by atoms with van der Waals surface area (Å²) in [4.78, 5) is 11.4. The van der Waals surface area contributed by atoms with E-state index in [1.807, 2.05) is 62.4 Å². The maximum absolute atomic E-state index is 11.4. The van der Waals surface area contributed by atoms with Crippen molar-refractivity contribution in [1.82, 2.24) is 0 Å². The van der Waals surface area contributed by atoms with Crippen LogP contribution in [0.15, 0.2) is 60.7 Å². The SMILES string of the molecule is C=C1/C=C\C=C/Cc2cc(C(C)=O)ccc2/C=C\1.CC. The van der Waals surface area contributed by atoms with Gasteiger partial charge in [0.2, 0.25) is 0 Å². The lowest BCUT2D eigenvalue weighted by molar-refractivity contribution is 0.101. The highest BCUT2D eigenvalue weighted by atomic mass is 16.1. The summed E-state index contributed by atoms with van der Waals surface area (Å²) < 4.78 is 0. The van der Waals surface area contributed by atoms with Crippen molar-refractivity contribution in [3.63, 3.8) is 0 Å². The van der Waals surface area contributed by atoms with Crippen LogP contribution in [-0.4, -0.2) is 5.78 Å². The number of hydrogen-bond donors (Lipinski definition) is 0. The molecule has 0 radical (unpaired) electrons. The molecule has 1 aliphatic rings. The molecule has 1 nitrogen and oxygen atoms in total. The van der Waals surface area contributed by atoms with Crippen LogP contribution >= 0.6 is 0 Å². The van der Waals surface area contributed by atoms with E-state index in [0.717, 1.165) is 23.1 Å². The van der Waals surface area contributed by atoms with E-state index in [0.29, 0.717) is 0 Å². The number of hydrogen-bond acceptors (Lipinski definition) is 1. The molecule has 0 saturated heterocycles. The fraction of sp³-hybridized carbons (Fsp3) is 0.211. The first kappa shape index (κ1) is 15.9. The summed E-state index contributed by atoms with van der Waals surface area (Å²) in [6, 6.07) is 5.84. The van der Waals surface area contributed by atoms with E-state index in [9.17, 15) is 4.79 Å². The van der Waals surface area contributed by atoms with E-state index in [2.05, 4.69) is 12.7 Å². The number of rotatable bonds is 1. The summed E-state index contributed by atoms with van der Waals surface area (Å²) in [6.45, 7) is 9.54. The van der Waals surface area contributed by atoms with E-state index in [1.165, 1.54) is 5.56 Å². The van der Waals surface area contributed by atoms with Crippen LogP contribution in [0.2, 0.25) is 0 Å². The van der Waals surface area contributed by atoms with Gasteiger partial charge < -0.3 is 0 Å². The predicted octanol–water partition coefficient (Wildman–Crippen LogP) is 5.15. The highest BCUT2D eigenvalue weighted by Gasteiger charge is 2.04. The fourth-order valence-electron chi connectivity index (χ4n) is 1.87. The molecule has 0 aliphatic heterocycles. The highest BCUT2D eigenvalue weighted by Crippen LogP contribution is 2.17. The van der Waals surface area contributed by atoms with Crippen molar-refractivity contribution in [3.05, 3.63) is 77.4 Å². The third-order valence-electron chi connectivity index (χ3n) is 2.92. The molecule has 0 bridgehead atoms. The summed E-state index contributed by atoms with van der Waals surface area (Å²) in [6.07, 6.45) is 12.9. The van der Waals surface area contributed by atoms with Crippen LogP contribution in [0.25, 0.3) is 6.08 Å². The summed E-state index contributed by atoms with van der Waals surface area (Å²) in [7, 11) is 0. The van der Waals surface area contributed by atoms with Crippen molar-refractivity contribution in [2.24, 2.45) is 0 Å². The van der Waals surface area contributed by atoms with E-state index >= 15 is 0 Å². The van der Waals surface area contributed by atoms with E-state index in [-0.39, 0.29) is 5.78 Å². The fourth-order valence-corrected chi connectivity index (χ4v) is 1.87. The van der Waals surface area contributed by atoms with Crippen LogP contribution in [0.3, 0.4) is 0 Å². The van der Waals surface area contributed by atoms with Crippen molar-refractivity contribution >= 4 is 11.9 Å². The zero-order chi connectivity index (χ0) is 15.0. The van der Waals surface area contributed by atoms with Gasteiger partial charge in [-0.3, -0.25) is 4.79 Å². The number of Topliss-reactive ketones (excluding diaryl/α,β-unsaturated/α-hetero) is 1. The van der Waals surface area contributed by atoms with Gasteiger partial charge >= 0.3 is 0 Å². The van der Waals surface area contributed by atoms with Gasteiger partial charge in [0.25, 0.3) is 0 Å². The van der Waals surface area contributed by atoms with Crippen molar-refractivity contribution in [2.45, 2.75) is 27.2 Å². The summed E-state index contributed by atoms with van der Waals surface area (Å²) in [5.41, 5.74) is 4.03. The van der Waals surface area contributed by atoms with Gasteiger partial charge in [-0.2, -0.15) is 0 Å². The quantitative estimate of drug-likeness (QED) is 0.642. The van der Waals surface area contributed by atoms with E-state index in [1.54, 1.807) is 6.92 Å². The second kappa shape index (κ2) is 8.11. The van der Waals surface area contributed by atoms with Crippen molar-refractivity contribution in [3.8, 4) is 0 Å². The van der Waals surface area contributed by atoms with Gasteiger partial charge in [-0.05, 0) is 36.1 Å². The number of carbonyl (C=O) groups is 1. The van der Waals surface area contributed by atoms with Gasteiger partial charge in [-0.25, -0.2) is 0 Å². The van der Waals surface area contributed by atoms with Crippen LogP contribution in [-0.2, 0) is 6.42 Å². The standard InChI is InChI=1S/C17H16O.C2H6/c1-13-6-4-3-5-7-17-12-16(14(2)18)11-10-15(17)9-8-13;1-2/h3-6,8-12H,1,7H2,2H3;1-2H3/b5-3-,6-4-,9-8-;. The van der Waals surface area contributed by atoms with Gasteiger partial charge in [-0.1, -0.05) is 69.0 Å². The summed E-state index contributed by atoms with van der Waals surface area (Å²) in [5, 5.41) is 0. The van der Waals surface area contributed by atoms with Crippen LogP contribution in [0.4, 0.5) is 0 Å². The Hall–Kier alpha value is -2.15. The molecule has 0 aromatic heterocycles. The minimum Gasteiger partial charge on any atom is -0.295 e. The zero-order valence-corrected chi connectivity index (χ0v) is 12.5. The van der Waals surface area contributed by atoms with Gasteiger partial charge in [0.1, 0.15) is 0 Å². The molecule has 1 aliphatic carbocycles. The van der Waals surface area contributed by atoms with Gasteiger partial charge in [0.05, 0.1) is 0 Å². The first-order chi connectivity index (χ1) is 9.66. The molecular formula is C19H22O. The maximum atomic E-state index is 11.4. The second-order valence-electron chi connectivity index (χ2n) is 4.37. The Bertz CT molecular complexity index is 571. The maximum Gasteiger partial charge on any atom is 0.159 e. The van der Waals surface area contributed by atoms with E-state index in [4.69, 9.17) is 0 Å². The summed E-state index contributed by atoms with van der Waals surface area (Å²) in [5.74, 6) is 0.104. The molecule has 0 N–H and O–H groups in total. The molecule has 0 saturated carbocycles. The van der Waals surface area contributed by atoms with Crippen molar-refractivity contribution in [1.29, 1.82) is 0 Å². The normalized spacial score (nSPS) is 18.1. The van der Waals surface area contributed by atoms with Crippen LogP contribution in [0.1, 0.15) is 42.3 Å². The molecule has 0 unspecified atom stereocenters. The molecule has 0 spiro atoms. The second-order valence-corrected chi connectivity index (χ2v) is 4.37. The third-order valence-corrected chi connectivity index (χ3v) is 2.92. The lowest BCUT2D eigenvalue weighted by Gasteiger charge is -2.07. The molecule has 1 aromatic carbocycles. The Morgan fingerprint density at radius 1 is 1.10 bits per heavy atom. The van der Waals surface area contributed by atoms with Crippen molar-refractivity contribution in [2.75, 3.05) is 0 Å². The van der Waals surface area contributed by atoms with Gasteiger partial charge in [-0.15, -0.1) is 0 Å². The van der Waals surface area contributed by atoms with Crippen LogP contribution < -0.4 is 0 Å². The molecule has 0 amide bonds. The Labute approximate surface area is 122 Å². The summed E-state index contributed by atoms with van der Waals surface area (Å²) >= 11 is 0. The number of allylic oxidation sites excluding steroid dienone is 6.